The van der Waals surface area contributed by atoms with Crippen molar-refractivity contribution in [2.75, 3.05) is 12.3 Å². The van der Waals surface area contributed by atoms with Gasteiger partial charge in [0.05, 0.1) is 6.33 Å². The summed E-state index contributed by atoms with van der Waals surface area (Å²) in [5.41, 5.74) is 6.18. The molecule has 0 saturated carbocycles. The van der Waals surface area contributed by atoms with E-state index in [9.17, 15) is 27.9 Å². The summed E-state index contributed by atoms with van der Waals surface area (Å²) in [6.45, 7) is -0.546. The second-order valence-electron chi connectivity index (χ2n) is 6.92. The molecule has 2 aromatic rings. The monoisotopic (exact) mass is 454 g/mol. The molecule has 0 aliphatic carbocycles. The maximum absolute atomic E-state index is 12.4. The number of nitrogens with zero attached hydrogens (tertiary/aromatic N) is 4. The molecule has 0 bridgehead atoms. The van der Waals surface area contributed by atoms with Gasteiger partial charge in [-0.25, -0.2) is 19.7 Å². The molecule has 4 atom stereocenters. The third kappa shape index (κ3) is 4.05. The highest BCUT2D eigenvalue weighted by Gasteiger charge is 2.44. The number of aromatic nitrogens is 4. The van der Waals surface area contributed by atoms with Crippen LogP contribution in [0.15, 0.2) is 12.7 Å². The summed E-state index contributed by atoms with van der Waals surface area (Å²) in [6, 6.07) is -0.955. The Kier molecular flexibility index (Phi) is 5.29. The normalized spacial score (nSPS) is 26.4. The molecule has 4 heterocycles. The third-order valence-electron chi connectivity index (χ3n) is 4.85. The van der Waals surface area contributed by atoms with Gasteiger partial charge in [-0.05, 0) is 6.42 Å². The zero-order valence-corrected chi connectivity index (χ0v) is 16.6. The van der Waals surface area contributed by atoms with Crippen molar-refractivity contribution in [1.82, 2.24) is 34.3 Å². The minimum atomic E-state index is -4.35. The number of fused-ring (bicyclic) bond motifs is 1. The quantitative estimate of drug-likeness (QED) is 0.288. The fourth-order valence-electron chi connectivity index (χ4n) is 3.30. The van der Waals surface area contributed by atoms with Crippen molar-refractivity contribution in [2.45, 2.75) is 37.3 Å². The van der Waals surface area contributed by atoms with Gasteiger partial charge in [0, 0.05) is 13.0 Å². The van der Waals surface area contributed by atoms with Gasteiger partial charge in [-0.15, -0.1) is 0 Å². The number of rotatable bonds is 6. The van der Waals surface area contributed by atoms with Crippen molar-refractivity contribution < 1.29 is 32.6 Å². The van der Waals surface area contributed by atoms with Gasteiger partial charge in [0.2, 0.25) is 5.91 Å². The molecular formula is C15H18N8O7S. The minimum absolute atomic E-state index is 0.0982. The van der Waals surface area contributed by atoms with Crippen molar-refractivity contribution in [3.8, 4) is 0 Å². The van der Waals surface area contributed by atoms with E-state index in [2.05, 4.69) is 20.3 Å². The van der Waals surface area contributed by atoms with Crippen LogP contribution in [0.3, 0.4) is 0 Å². The molecule has 4 rings (SSSR count). The number of aliphatic hydroxyl groups is 1. The zero-order valence-electron chi connectivity index (χ0n) is 15.8. The number of ketones is 1. The van der Waals surface area contributed by atoms with Crippen molar-refractivity contribution in [3.05, 3.63) is 12.7 Å². The first-order valence-corrected chi connectivity index (χ1v) is 10.6. The van der Waals surface area contributed by atoms with Crippen molar-refractivity contribution in [2.24, 2.45) is 0 Å². The summed E-state index contributed by atoms with van der Waals surface area (Å²) in [4.78, 5) is 47.3. The first-order valence-electron chi connectivity index (χ1n) is 9.07. The molecule has 31 heavy (non-hydrogen) atoms. The van der Waals surface area contributed by atoms with Crippen LogP contribution in [0.4, 0.5) is 5.82 Å². The van der Waals surface area contributed by atoms with Crippen LogP contribution >= 0.6 is 0 Å². The number of amides is 2. The predicted octanol–water partition coefficient (Wildman–Crippen LogP) is -3.53. The fourth-order valence-corrected chi connectivity index (χ4v) is 4.15. The van der Waals surface area contributed by atoms with Crippen molar-refractivity contribution in [1.29, 1.82) is 0 Å². The molecule has 2 saturated heterocycles. The Balaban J connectivity index is 1.41. The van der Waals surface area contributed by atoms with Crippen LogP contribution in [0.5, 0.6) is 0 Å². The molecule has 2 aliphatic rings. The first-order chi connectivity index (χ1) is 14.7. The Morgan fingerprint density at radius 1 is 1.35 bits per heavy atom. The Morgan fingerprint density at radius 2 is 2.13 bits per heavy atom. The van der Waals surface area contributed by atoms with Gasteiger partial charge in [0.25, 0.3) is 5.91 Å². The van der Waals surface area contributed by atoms with Gasteiger partial charge in [-0.3, -0.25) is 19.0 Å². The van der Waals surface area contributed by atoms with E-state index < -0.39 is 52.9 Å². The lowest BCUT2D eigenvalue weighted by atomic mass is 10.1. The molecule has 15 nitrogen and oxygen atoms in total. The van der Waals surface area contributed by atoms with Crippen molar-refractivity contribution in [3.63, 3.8) is 0 Å². The van der Waals surface area contributed by atoms with E-state index in [1.54, 1.807) is 4.72 Å². The highest BCUT2D eigenvalue weighted by Crippen LogP contribution is 2.29. The summed E-state index contributed by atoms with van der Waals surface area (Å²) in [5.74, 6) is -1.93. The molecule has 6 N–H and O–H groups in total. The van der Waals surface area contributed by atoms with Gasteiger partial charge in [0.1, 0.15) is 24.0 Å². The maximum atomic E-state index is 12.4. The van der Waals surface area contributed by atoms with E-state index in [0.29, 0.717) is 0 Å². The average molecular weight is 454 g/mol. The number of hydrogen-bond acceptors (Lipinski definition) is 11. The van der Waals surface area contributed by atoms with Crippen LogP contribution in [0.2, 0.25) is 0 Å². The van der Waals surface area contributed by atoms with Gasteiger partial charge in [-0.2, -0.15) is 13.1 Å². The van der Waals surface area contributed by atoms with Crippen molar-refractivity contribution >= 4 is 44.8 Å². The number of carbonyl (C=O) groups is 3. The van der Waals surface area contributed by atoms with Gasteiger partial charge in [0.15, 0.2) is 29.6 Å². The minimum Gasteiger partial charge on any atom is -0.382 e. The number of ether oxygens (including phenoxy) is 1. The number of nitrogens with two attached hydrogens (primary N) is 1. The second-order valence-corrected chi connectivity index (χ2v) is 8.42. The standard InChI is InChI=1S/C15H18N8O7S/c16-12-9-13(18-4-17-12)23(5-19-9)15-11(26)10(25)7(30-15)3-20-31(28,29)22-14(27)6-1-2-8(24)21-6/h4-7,11,15,20,26H,1-3H2,(H,21,24)(H,22,27)(H2,16,17,18)/t6-,7+,11-,15+/m0/s1. The molecule has 2 amide bonds. The Bertz CT molecular complexity index is 1170. The maximum Gasteiger partial charge on any atom is 0.301 e. The lowest BCUT2D eigenvalue weighted by molar-refractivity contribution is -0.126. The number of Topliss-reactive ketones (excluding diaryl/α,β-unsaturated/α-hetero) is 1. The van der Waals surface area contributed by atoms with Crippen LogP contribution in [0.1, 0.15) is 19.1 Å². The lowest BCUT2D eigenvalue weighted by Gasteiger charge is -2.16. The molecule has 16 heteroatoms. The number of anilines is 1. The lowest BCUT2D eigenvalue weighted by Crippen LogP contribution is -2.49. The number of nitrogens with one attached hydrogen (secondary N) is 3. The number of nitrogen functional groups attached to an aromatic ring is 1. The number of aliphatic hydroxyl groups excluding tert-OH is 1. The largest absolute Gasteiger partial charge is 0.382 e. The van der Waals surface area contributed by atoms with E-state index in [0.717, 1.165) is 0 Å². The highest BCUT2D eigenvalue weighted by atomic mass is 32.2. The second kappa shape index (κ2) is 7.80. The SMILES string of the molecule is Nc1ncnc2c1ncn2[C@@H]1O[C@H](CNS(=O)(=O)NC(=O)[C@@H]2CCC(=O)N2)C(=O)[C@@H]1O. The average Bonchev–Trinajstić information content (AvgIpc) is 3.40. The van der Waals surface area contributed by atoms with Gasteiger partial charge < -0.3 is 20.9 Å². The predicted molar refractivity (Wildman–Crippen MR) is 101 cm³/mol. The summed E-state index contributed by atoms with van der Waals surface area (Å²) in [7, 11) is -4.35. The molecule has 2 aliphatic heterocycles. The van der Waals surface area contributed by atoms with Crippen LogP contribution in [-0.2, 0) is 29.3 Å². The van der Waals surface area contributed by atoms with E-state index in [-0.39, 0.29) is 35.7 Å². The van der Waals surface area contributed by atoms with E-state index >= 15 is 0 Å². The topological polar surface area (TPSA) is 221 Å². The first kappa shape index (κ1) is 21.0. The summed E-state index contributed by atoms with van der Waals surface area (Å²) < 4.78 is 34.8. The van der Waals surface area contributed by atoms with E-state index in [1.807, 2.05) is 4.72 Å². The number of imidazole rings is 1. The molecule has 166 valence electrons. The summed E-state index contributed by atoms with van der Waals surface area (Å²) in [5, 5.41) is 12.6. The van der Waals surface area contributed by atoms with Gasteiger partial charge >= 0.3 is 10.2 Å². The Morgan fingerprint density at radius 3 is 2.84 bits per heavy atom. The Hall–Kier alpha value is -3.21. The molecule has 2 fully saturated rings. The van der Waals surface area contributed by atoms with Crippen LogP contribution in [-0.4, -0.2) is 75.4 Å². The number of hydrogen-bond donors (Lipinski definition) is 5. The zero-order chi connectivity index (χ0) is 22.3. The fraction of sp³-hybridized carbons (Fsp3) is 0.467. The molecular weight excluding hydrogens is 436 g/mol. The van der Waals surface area contributed by atoms with Crippen LogP contribution < -0.4 is 20.5 Å². The third-order valence-corrected chi connectivity index (χ3v) is 5.87. The molecule has 0 radical (unpaired) electrons. The van der Waals surface area contributed by atoms with Crippen LogP contribution in [0, 0.1) is 0 Å². The number of carbonyl (C=O) groups excluding carboxylic acids is 3. The van der Waals surface area contributed by atoms with Crippen LogP contribution in [0.25, 0.3) is 11.2 Å². The molecule has 0 aromatic carbocycles. The molecule has 0 spiro atoms. The van der Waals surface area contributed by atoms with E-state index in [4.69, 9.17) is 10.5 Å². The molecule has 0 unspecified atom stereocenters. The van der Waals surface area contributed by atoms with Gasteiger partial charge in [-0.1, -0.05) is 0 Å². The molecule has 2 aromatic heterocycles. The summed E-state index contributed by atoms with van der Waals surface area (Å²) in [6.07, 6.45) is -1.44. The van der Waals surface area contributed by atoms with E-state index in [1.165, 1.54) is 17.2 Å². The summed E-state index contributed by atoms with van der Waals surface area (Å²) >= 11 is 0. The smallest absolute Gasteiger partial charge is 0.301 e. The Labute approximate surface area is 174 Å². The highest BCUT2D eigenvalue weighted by molar-refractivity contribution is 7.88.